The van der Waals surface area contributed by atoms with E-state index in [1.807, 2.05) is 6.20 Å². The molecule has 4 nitrogen and oxygen atoms in total. The maximum Gasteiger partial charge on any atom is 0.0539 e. The summed E-state index contributed by atoms with van der Waals surface area (Å²) in [7, 11) is 4.20. The first-order valence-corrected chi connectivity index (χ1v) is 7.15. The Labute approximate surface area is 118 Å². The van der Waals surface area contributed by atoms with Gasteiger partial charge in [0.05, 0.1) is 12.7 Å². The van der Waals surface area contributed by atoms with Crippen LogP contribution in [0.2, 0.25) is 0 Å². The van der Waals surface area contributed by atoms with Gasteiger partial charge in [-0.1, -0.05) is 13.8 Å². The second kappa shape index (κ2) is 6.53. The molecule has 0 saturated heterocycles. The summed E-state index contributed by atoms with van der Waals surface area (Å²) in [5.74, 6) is 0.501. The first kappa shape index (κ1) is 16.2. The van der Waals surface area contributed by atoms with Crippen LogP contribution in [0.25, 0.3) is 0 Å². The van der Waals surface area contributed by atoms with Crippen LogP contribution in [0.4, 0.5) is 0 Å². The molecule has 0 aliphatic rings. The summed E-state index contributed by atoms with van der Waals surface area (Å²) in [5, 5.41) is 8.11. The molecule has 110 valence electrons. The lowest BCUT2D eigenvalue weighted by Crippen LogP contribution is -2.35. The molecule has 0 bridgehead atoms. The smallest absolute Gasteiger partial charge is 0.0539 e. The van der Waals surface area contributed by atoms with Crippen molar-refractivity contribution in [1.29, 1.82) is 0 Å². The van der Waals surface area contributed by atoms with Gasteiger partial charge in [-0.3, -0.25) is 4.68 Å². The third-order valence-electron chi connectivity index (χ3n) is 3.08. The zero-order chi connectivity index (χ0) is 14.6. The molecule has 0 atom stereocenters. The molecule has 19 heavy (non-hydrogen) atoms. The van der Waals surface area contributed by atoms with E-state index < -0.39 is 0 Å². The van der Waals surface area contributed by atoms with Gasteiger partial charge < -0.3 is 10.2 Å². The highest BCUT2D eigenvalue weighted by Gasteiger charge is 2.16. The molecule has 1 N–H and O–H groups in total. The molecule has 0 unspecified atom stereocenters. The summed E-state index contributed by atoms with van der Waals surface area (Å²) in [6.07, 6.45) is 2.02. The average Bonchev–Trinajstić information content (AvgIpc) is 2.65. The van der Waals surface area contributed by atoms with Crippen LogP contribution < -0.4 is 5.32 Å². The standard InChI is InChI=1S/C15H30N4/c1-12(2)14-13(10-16-15(3,4)5)11-17-19(14)9-8-18(6)7/h11-12,16H,8-10H2,1-7H3. The maximum absolute atomic E-state index is 4.56. The third kappa shape index (κ3) is 5.33. The van der Waals surface area contributed by atoms with E-state index in [1.54, 1.807) is 0 Å². The Balaban J connectivity index is 2.81. The van der Waals surface area contributed by atoms with Crippen LogP contribution >= 0.6 is 0 Å². The number of likely N-dealkylation sites (N-methyl/N-ethyl adjacent to an activating group) is 1. The zero-order valence-corrected chi connectivity index (χ0v) is 13.6. The summed E-state index contributed by atoms with van der Waals surface area (Å²) < 4.78 is 2.16. The van der Waals surface area contributed by atoms with Gasteiger partial charge in [0.25, 0.3) is 0 Å². The van der Waals surface area contributed by atoms with Crippen LogP contribution in [0.5, 0.6) is 0 Å². The van der Waals surface area contributed by atoms with Crippen molar-refractivity contribution in [3.05, 3.63) is 17.5 Å². The van der Waals surface area contributed by atoms with Crippen molar-refractivity contribution in [3.63, 3.8) is 0 Å². The van der Waals surface area contributed by atoms with Gasteiger partial charge in [-0.2, -0.15) is 5.10 Å². The number of rotatable bonds is 6. The Kier molecular flexibility index (Phi) is 5.56. The lowest BCUT2D eigenvalue weighted by molar-refractivity contribution is 0.367. The third-order valence-corrected chi connectivity index (χ3v) is 3.08. The Morgan fingerprint density at radius 2 is 1.95 bits per heavy atom. The molecule has 0 aliphatic heterocycles. The van der Waals surface area contributed by atoms with Crippen molar-refractivity contribution in [3.8, 4) is 0 Å². The fourth-order valence-electron chi connectivity index (χ4n) is 2.07. The quantitative estimate of drug-likeness (QED) is 0.858. The van der Waals surface area contributed by atoms with Crippen molar-refractivity contribution in [2.45, 2.75) is 59.2 Å². The zero-order valence-electron chi connectivity index (χ0n) is 13.6. The second-order valence-corrected chi connectivity index (χ2v) is 6.84. The highest BCUT2D eigenvalue weighted by atomic mass is 15.3. The monoisotopic (exact) mass is 266 g/mol. The van der Waals surface area contributed by atoms with Gasteiger partial charge in [-0.05, 0) is 40.8 Å². The van der Waals surface area contributed by atoms with Gasteiger partial charge in [-0.25, -0.2) is 0 Å². The Morgan fingerprint density at radius 3 is 2.42 bits per heavy atom. The second-order valence-electron chi connectivity index (χ2n) is 6.84. The van der Waals surface area contributed by atoms with Crippen LogP contribution in [-0.2, 0) is 13.1 Å². The summed E-state index contributed by atoms with van der Waals surface area (Å²) in [6.45, 7) is 13.9. The number of hydrogen-bond donors (Lipinski definition) is 1. The summed E-state index contributed by atoms with van der Waals surface area (Å²) in [6, 6.07) is 0. The lowest BCUT2D eigenvalue weighted by atomic mass is 10.0. The van der Waals surface area contributed by atoms with Crippen molar-refractivity contribution in [1.82, 2.24) is 20.0 Å². The van der Waals surface area contributed by atoms with Crippen LogP contribution in [0, 0.1) is 0 Å². The minimum Gasteiger partial charge on any atom is -0.308 e. The number of aromatic nitrogens is 2. The Morgan fingerprint density at radius 1 is 1.32 bits per heavy atom. The molecule has 0 amide bonds. The van der Waals surface area contributed by atoms with Crippen molar-refractivity contribution in [2.75, 3.05) is 20.6 Å². The van der Waals surface area contributed by atoms with Gasteiger partial charge in [0.2, 0.25) is 0 Å². The number of nitrogens with one attached hydrogen (secondary N) is 1. The molecule has 1 heterocycles. The van der Waals surface area contributed by atoms with Gasteiger partial charge >= 0.3 is 0 Å². The van der Waals surface area contributed by atoms with E-state index in [-0.39, 0.29) is 5.54 Å². The highest BCUT2D eigenvalue weighted by molar-refractivity contribution is 5.21. The molecular weight excluding hydrogens is 236 g/mol. The summed E-state index contributed by atoms with van der Waals surface area (Å²) in [4.78, 5) is 2.19. The van der Waals surface area contributed by atoms with E-state index in [2.05, 4.69) is 68.7 Å². The first-order chi connectivity index (χ1) is 8.70. The predicted octanol–water partition coefficient (Wildman–Crippen LogP) is 2.46. The molecule has 0 aliphatic carbocycles. The summed E-state index contributed by atoms with van der Waals surface area (Å²) >= 11 is 0. The van der Waals surface area contributed by atoms with E-state index in [1.165, 1.54) is 11.3 Å². The Bertz CT molecular complexity index is 385. The first-order valence-electron chi connectivity index (χ1n) is 7.15. The minimum absolute atomic E-state index is 0.139. The summed E-state index contributed by atoms with van der Waals surface area (Å²) in [5.41, 5.74) is 2.82. The fraction of sp³-hybridized carbons (Fsp3) is 0.800. The van der Waals surface area contributed by atoms with Gasteiger partial charge in [0, 0.05) is 29.9 Å². The molecule has 4 heteroatoms. The number of nitrogens with zero attached hydrogens (tertiary/aromatic N) is 3. The minimum atomic E-state index is 0.139. The van der Waals surface area contributed by atoms with Gasteiger partial charge in [0.1, 0.15) is 0 Å². The largest absolute Gasteiger partial charge is 0.308 e. The lowest BCUT2D eigenvalue weighted by Gasteiger charge is -2.21. The van der Waals surface area contributed by atoms with Crippen molar-refractivity contribution < 1.29 is 0 Å². The molecule has 0 spiro atoms. The van der Waals surface area contributed by atoms with E-state index in [4.69, 9.17) is 0 Å². The molecule has 0 fully saturated rings. The predicted molar refractivity (Wildman–Crippen MR) is 81.5 cm³/mol. The van der Waals surface area contributed by atoms with Gasteiger partial charge in [0.15, 0.2) is 0 Å². The molecule has 1 aromatic rings. The van der Waals surface area contributed by atoms with Crippen LogP contribution in [0.1, 0.15) is 51.8 Å². The van der Waals surface area contributed by atoms with E-state index in [9.17, 15) is 0 Å². The fourth-order valence-corrected chi connectivity index (χ4v) is 2.07. The molecular formula is C15H30N4. The molecule has 1 aromatic heterocycles. The normalized spacial score (nSPS) is 12.7. The average molecular weight is 266 g/mol. The van der Waals surface area contributed by atoms with Crippen LogP contribution in [0.15, 0.2) is 6.20 Å². The molecule has 0 saturated carbocycles. The maximum atomic E-state index is 4.56. The van der Waals surface area contributed by atoms with Crippen molar-refractivity contribution >= 4 is 0 Å². The van der Waals surface area contributed by atoms with E-state index in [0.29, 0.717) is 5.92 Å². The van der Waals surface area contributed by atoms with Gasteiger partial charge in [-0.15, -0.1) is 0 Å². The van der Waals surface area contributed by atoms with E-state index in [0.717, 1.165) is 19.6 Å². The van der Waals surface area contributed by atoms with Crippen LogP contribution in [0.3, 0.4) is 0 Å². The Hall–Kier alpha value is -0.870. The highest BCUT2D eigenvalue weighted by Crippen LogP contribution is 2.20. The number of hydrogen-bond acceptors (Lipinski definition) is 3. The molecule has 1 rings (SSSR count). The topological polar surface area (TPSA) is 33.1 Å². The van der Waals surface area contributed by atoms with Crippen molar-refractivity contribution in [2.24, 2.45) is 0 Å². The SMILES string of the molecule is CC(C)c1c(CNC(C)(C)C)cnn1CCN(C)C. The molecule has 0 radical (unpaired) electrons. The van der Waals surface area contributed by atoms with Crippen LogP contribution in [-0.4, -0.2) is 40.9 Å². The van der Waals surface area contributed by atoms with E-state index >= 15 is 0 Å². The molecule has 0 aromatic carbocycles.